The maximum Gasteiger partial charge on any atom is 0.234 e. The molecule has 5 heteroatoms. The molecule has 0 aliphatic rings. The molecule has 2 N–H and O–H groups in total. The zero-order valence-corrected chi connectivity index (χ0v) is 11.3. The van der Waals surface area contributed by atoms with Crippen molar-refractivity contribution in [1.29, 1.82) is 0 Å². The van der Waals surface area contributed by atoms with Crippen molar-refractivity contribution in [1.82, 2.24) is 10.1 Å². The van der Waals surface area contributed by atoms with Gasteiger partial charge in [0.25, 0.3) is 0 Å². The monoisotopic (exact) mass is 251 g/mol. The van der Waals surface area contributed by atoms with Crippen molar-refractivity contribution < 1.29 is 4.52 Å². The Balaban J connectivity index is 2.37. The van der Waals surface area contributed by atoms with Crippen LogP contribution in [0.5, 0.6) is 0 Å². The van der Waals surface area contributed by atoms with Gasteiger partial charge in [-0.15, -0.1) is 11.3 Å². The van der Waals surface area contributed by atoms with E-state index in [2.05, 4.69) is 10.1 Å². The molecule has 2 aromatic rings. The Hall–Kier alpha value is -1.20. The second-order valence-electron chi connectivity index (χ2n) is 5.25. The first-order valence-electron chi connectivity index (χ1n) is 5.49. The summed E-state index contributed by atoms with van der Waals surface area (Å²) >= 11 is 1.59. The van der Waals surface area contributed by atoms with Crippen LogP contribution in [0, 0.1) is 0 Å². The van der Waals surface area contributed by atoms with Crippen molar-refractivity contribution in [3.8, 4) is 10.7 Å². The van der Waals surface area contributed by atoms with Crippen LogP contribution < -0.4 is 5.73 Å². The highest BCUT2D eigenvalue weighted by Gasteiger charge is 2.40. The lowest BCUT2D eigenvalue weighted by atomic mass is 9.75. The number of nitrogens with zero attached hydrogens (tertiary/aromatic N) is 2. The van der Waals surface area contributed by atoms with Crippen molar-refractivity contribution in [2.75, 3.05) is 0 Å². The number of nitrogens with two attached hydrogens (primary N) is 1. The predicted molar refractivity (Wildman–Crippen MR) is 68.9 cm³/mol. The van der Waals surface area contributed by atoms with Gasteiger partial charge in [-0.1, -0.05) is 11.2 Å². The van der Waals surface area contributed by atoms with Crippen molar-refractivity contribution in [2.24, 2.45) is 5.73 Å². The lowest BCUT2D eigenvalue weighted by molar-refractivity contribution is 0.223. The Bertz CT molecular complexity index is 494. The fraction of sp³-hybridized carbons (Fsp3) is 0.500. The zero-order chi connectivity index (χ0) is 12.7. The van der Waals surface area contributed by atoms with Gasteiger partial charge in [-0.3, -0.25) is 0 Å². The van der Waals surface area contributed by atoms with Crippen LogP contribution in [-0.4, -0.2) is 15.7 Å². The normalized spacial score (nSPS) is 13.0. The van der Waals surface area contributed by atoms with Gasteiger partial charge in [0, 0.05) is 5.54 Å². The smallest absolute Gasteiger partial charge is 0.234 e. The Morgan fingerprint density at radius 2 is 2.00 bits per heavy atom. The van der Waals surface area contributed by atoms with E-state index in [1.54, 1.807) is 11.3 Å². The van der Waals surface area contributed by atoms with E-state index < -0.39 is 5.54 Å². The lowest BCUT2D eigenvalue weighted by Gasteiger charge is -2.34. The van der Waals surface area contributed by atoms with Crippen LogP contribution in [-0.2, 0) is 5.41 Å². The van der Waals surface area contributed by atoms with Crippen LogP contribution in [0.25, 0.3) is 10.7 Å². The summed E-state index contributed by atoms with van der Waals surface area (Å²) in [5, 5.41) is 6.00. The summed E-state index contributed by atoms with van der Waals surface area (Å²) < 4.78 is 5.35. The van der Waals surface area contributed by atoms with Gasteiger partial charge < -0.3 is 10.3 Å². The SMILES string of the molecule is CC(C)(N)C(C)(C)c1nc(-c2cccs2)no1. The van der Waals surface area contributed by atoms with Gasteiger partial charge in [0.1, 0.15) is 0 Å². The van der Waals surface area contributed by atoms with Crippen molar-refractivity contribution in [3.05, 3.63) is 23.4 Å². The van der Waals surface area contributed by atoms with Gasteiger partial charge in [0.2, 0.25) is 11.7 Å². The molecular formula is C12H17N3OS. The number of hydrogen-bond acceptors (Lipinski definition) is 5. The minimum Gasteiger partial charge on any atom is -0.338 e. The minimum atomic E-state index is -0.424. The lowest BCUT2D eigenvalue weighted by Crippen LogP contribution is -2.50. The van der Waals surface area contributed by atoms with E-state index in [1.165, 1.54) is 0 Å². The fourth-order valence-corrected chi connectivity index (χ4v) is 1.91. The van der Waals surface area contributed by atoms with Crippen molar-refractivity contribution in [3.63, 3.8) is 0 Å². The average molecular weight is 251 g/mol. The molecule has 4 nitrogen and oxygen atoms in total. The summed E-state index contributed by atoms with van der Waals surface area (Å²) in [6.07, 6.45) is 0. The third-order valence-corrected chi connectivity index (χ3v) is 4.18. The number of hydrogen-bond donors (Lipinski definition) is 1. The Morgan fingerprint density at radius 3 is 2.53 bits per heavy atom. The standard InChI is InChI=1S/C12H17N3OS/c1-11(2,12(3,4)13)10-14-9(15-16-10)8-6-5-7-17-8/h5-7H,13H2,1-4H3. The van der Waals surface area contributed by atoms with Crippen LogP contribution in [0.3, 0.4) is 0 Å². The molecule has 0 saturated heterocycles. The third-order valence-electron chi connectivity index (χ3n) is 3.31. The molecule has 0 fully saturated rings. The molecule has 0 radical (unpaired) electrons. The molecule has 0 aliphatic heterocycles. The molecule has 2 aromatic heterocycles. The van der Waals surface area contributed by atoms with E-state index >= 15 is 0 Å². The van der Waals surface area contributed by atoms with Crippen LogP contribution in [0.15, 0.2) is 22.0 Å². The molecule has 17 heavy (non-hydrogen) atoms. The summed E-state index contributed by atoms with van der Waals surface area (Å²) in [6.45, 7) is 7.95. The zero-order valence-electron chi connectivity index (χ0n) is 10.5. The second-order valence-corrected chi connectivity index (χ2v) is 6.19. The van der Waals surface area contributed by atoms with E-state index in [-0.39, 0.29) is 5.41 Å². The molecule has 0 bridgehead atoms. The molecule has 0 atom stereocenters. The summed E-state index contributed by atoms with van der Waals surface area (Å²) in [5.41, 5.74) is 5.36. The number of aromatic nitrogens is 2. The topological polar surface area (TPSA) is 64.9 Å². The molecule has 0 aliphatic carbocycles. The predicted octanol–water partition coefficient (Wildman–Crippen LogP) is 2.81. The van der Waals surface area contributed by atoms with Crippen LogP contribution in [0.1, 0.15) is 33.6 Å². The summed E-state index contributed by atoms with van der Waals surface area (Å²) in [7, 11) is 0. The fourth-order valence-electron chi connectivity index (χ4n) is 1.26. The third kappa shape index (κ3) is 2.12. The average Bonchev–Trinajstić information content (AvgIpc) is 2.87. The van der Waals surface area contributed by atoms with Gasteiger partial charge >= 0.3 is 0 Å². The maximum atomic E-state index is 6.15. The maximum absolute atomic E-state index is 6.15. The first kappa shape index (κ1) is 12.3. The molecule has 0 spiro atoms. The Labute approximate surface area is 105 Å². The van der Waals surface area contributed by atoms with Gasteiger partial charge in [0.05, 0.1) is 10.3 Å². The molecule has 0 saturated carbocycles. The molecule has 0 amide bonds. The van der Waals surface area contributed by atoms with E-state index in [0.29, 0.717) is 11.7 Å². The number of thiophene rings is 1. The highest BCUT2D eigenvalue weighted by atomic mass is 32.1. The van der Waals surface area contributed by atoms with Gasteiger partial charge in [-0.2, -0.15) is 4.98 Å². The van der Waals surface area contributed by atoms with Gasteiger partial charge in [0.15, 0.2) is 0 Å². The molecule has 2 rings (SSSR count). The summed E-state index contributed by atoms with van der Waals surface area (Å²) in [4.78, 5) is 5.45. The van der Waals surface area contributed by atoms with Gasteiger partial charge in [-0.25, -0.2) is 0 Å². The van der Waals surface area contributed by atoms with Gasteiger partial charge in [-0.05, 0) is 39.1 Å². The quantitative estimate of drug-likeness (QED) is 0.911. The van der Waals surface area contributed by atoms with Crippen LogP contribution in [0.2, 0.25) is 0 Å². The highest BCUT2D eigenvalue weighted by Crippen LogP contribution is 2.33. The van der Waals surface area contributed by atoms with Crippen LogP contribution >= 0.6 is 11.3 Å². The molecule has 0 aromatic carbocycles. The molecule has 2 heterocycles. The van der Waals surface area contributed by atoms with Crippen molar-refractivity contribution in [2.45, 2.75) is 38.6 Å². The Morgan fingerprint density at radius 1 is 1.29 bits per heavy atom. The minimum absolute atomic E-state index is 0.366. The largest absolute Gasteiger partial charge is 0.338 e. The van der Waals surface area contributed by atoms with E-state index in [4.69, 9.17) is 10.3 Å². The Kier molecular flexibility index (Phi) is 2.83. The summed E-state index contributed by atoms with van der Waals surface area (Å²) in [6, 6.07) is 3.94. The first-order valence-corrected chi connectivity index (χ1v) is 6.37. The van der Waals surface area contributed by atoms with E-state index in [1.807, 2.05) is 45.2 Å². The summed E-state index contributed by atoms with van der Waals surface area (Å²) in [5.74, 6) is 1.21. The van der Waals surface area contributed by atoms with Crippen molar-refractivity contribution >= 4 is 11.3 Å². The second kappa shape index (κ2) is 3.92. The molecule has 0 unspecified atom stereocenters. The van der Waals surface area contributed by atoms with E-state index in [0.717, 1.165) is 4.88 Å². The first-order chi connectivity index (χ1) is 7.82. The van der Waals surface area contributed by atoms with Crippen LogP contribution in [0.4, 0.5) is 0 Å². The molecule has 92 valence electrons. The molecular weight excluding hydrogens is 234 g/mol. The number of rotatable bonds is 3. The van der Waals surface area contributed by atoms with E-state index in [9.17, 15) is 0 Å². The highest BCUT2D eigenvalue weighted by molar-refractivity contribution is 7.13.